The summed E-state index contributed by atoms with van der Waals surface area (Å²) in [5, 5.41) is 0. The lowest BCUT2D eigenvalue weighted by molar-refractivity contribution is 0.396. The lowest BCUT2D eigenvalue weighted by atomic mass is 9.94. The zero-order valence-electron chi connectivity index (χ0n) is 12.3. The molecular weight excluding hydrogens is 334 g/mol. The van der Waals surface area contributed by atoms with Gasteiger partial charge in [-0.05, 0) is 29.5 Å². The first-order valence-electron chi connectivity index (χ1n) is 6.40. The Labute approximate surface area is 131 Å². The molecule has 0 saturated heterocycles. The Kier molecular flexibility index (Phi) is 5.83. The van der Waals surface area contributed by atoms with Gasteiger partial charge in [-0.25, -0.2) is 21.6 Å². The zero-order chi connectivity index (χ0) is 16.3. The summed E-state index contributed by atoms with van der Waals surface area (Å²) >= 11 is 0. The summed E-state index contributed by atoms with van der Waals surface area (Å²) in [6, 6.07) is 5.76. The third-order valence-electron chi connectivity index (χ3n) is 2.82. The van der Waals surface area contributed by atoms with Gasteiger partial charge in [0, 0.05) is 17.2 Å². The minimum atomic E-state index is -3.75. The number of halogens is 1. The molecule has 0 radical (unpaired) electrons. The van der Waals surface area contributed by atoms with Crippen LogP contribution in [0, 0.1) is 5.41 Å². The molecule has 0 saturated carbocycles. The summed E-state index contributed by atoms with van der Waals surface area (Å²) in [6.07, 6.45) is 0.561. The lowest BCUT2D eigenvalue weighted by Crippen LogP contribution is -2.28. The molecule has 0 aromatic heterocycles. The van der Waals surface area contributed by atoms with E-state index in [4.69, 9.17) is 10.7 Å². The van der Waals surface area contributed by atoms with Crippen molar-refractivity contribution in [3.05, 3.63) is 29.8 Å². The molecule has 0 aliphatic rings. The number of nitrogens with one attached hydrogen (secondary N) is 1. The lowest BCUT2D eigenvalue weighted by Gasteiger charge is -2.17. The molecule has 0 atom stereocenters. The van der Waals surface area contributed by atoms with Crippen molar-refractivity contribution in [3.8, 4) is 0 Å². The fourth-order valence-electron chi connectivity index (χ4n) is 1.48. The molecule has 0 aliphatic carbocycles. The third kappa shape index (κ3) is 7.26. The second-order valence-corrected chi connectivity index (χ2v) is 10.5. The molecule has 1 aromatic rings. The summed E-state index contributed by atoms with van der Waals surface area (Å²) in [4.78, 5) is -0.0106. The molecule has 120 valence electrons. The van der Waals surface area contributed by atoms with Crippen molar-refractivity contribution < 1.29 is 16.8 Å². The maximum absolute atomic E-state index is 11.8. The van der Waals surface area contributed by atoms with Gasteiger partial charge >= 0.3 is 0 Å². The first-order chi connectivity index (χ1) is 9.39. The van der Waals surface area contributed by atoms with Crippen LogP contribution in [-0.2, 0) is 25.6 Å². The third-order valence-corrected chi connectivity index (χ3v) is 5.52. The Morgan fingerprint density at radius 1 is 1.05 bits per heavy atom. The second kappa shape index (κ2) is 6.64. The average Bonchev–Trinajstić information content (AvgIpc) is 2.33. The molecule has 21 heavy (non-hydrogen) atoms. The maximum atomic E-state index is 11.8. The molecular formula is C13H20ClNO4S2. The van der Waals surface area contributed by atoms with E-state index in [1.54, 1.807) is 0 Å². The molecule has 1 N–H and O–H groups in total. The highest BCUT2D eigenvalue weighted by Gasteiger charge is 2.17. The van der Waals surface area contributed by atoms with Crippen molar-refractivity contribution in [2.45, 2.75) is 38.6 Å². The van der Waals surface area contributed by atoms with Crippen LogP contribution in [0.25, 0.3) is 0 Å². The predicted octanol–water partition coefficient (Wildman–Crippen LogP) is 2.47. The fraction of sp³-hybridized carbons (Fsp3) is 0.538. The molecule has 0 fully saturated rings. The van der Waals surface area contributed by atoms with E-state index in [9.17, 15) is 16.8 Å². The molecule has 5 nitrogen and oxygen atoms in total. The van der Waals surface area contributed by atoms with Crippen LogP contribution in [0.1, 0.15) is 32.8 Å². The van der Waals surface area contributed by atoms with Gasteiger partial charge in [0.2, 0.25) is 10.0 Å². The fourth-order valence-corrected chi connectivity index (χ4v) is 3.66. The first-order valence-corrected chi connectivity index (χ1v) is 10.4. The minimum absolute atomic E-state index is 0.0106. The summed E-state index contributed by atoms with van der Waals surface area (Å²) in [5.41, 5.74) is 0.615. The standard InChI is InChI=1S/C13H20ClNO4S2/c1-13(2,3)8-9-20(16,17)15-10-11-4-6-12(7-5-11)21(14,18)19/h4-7,15H,8-10H2,1-3H3. The Balaban J connectivity index is 2.63. The van der Waals surface area contributed by atoms with E-state index in [0.717, 1.165) is 0 Å². The van der Waals surface area contributed by atoms with E-state index in [0.29, 0.717) is 12.0 Å². The summed E-state index contributed by atoms with van der Waals surface area (Å²) in [7, 11) is -1.89. The van der Waals surface area contributed by atoms with Crippen molar-refractivity contribution in [1.82, 2.24) is 4.72 Å². The van der Waals surface area contributed by atoms with Crippen LogP contribution in [0.2, 0.25) is 0 Å². The molecule has 0 unspecified atom stereocenters. The van der Waals surface area contributed by atoms with Crippen LogP contribution in [0.5, 0.6) is 0 Å². The molecule has 8 heteroatoms. The molecule has 1 rings (SSSR count). The van der Waals surface area contributed by atoms with Gasteiger partial charge in [-0.3, -0.25) is 0 Å². The summed E-state index contributed by atoms with van der Waals surface area (Å²) < 4.78 is 48.4. The van der Waals surface area contributed by atoms with Crippen molar-refractivity contribution in [1.29, 1.82) is 0 Å². The number of sulfonamides is 1. The van der Waals surface area contributed by atoms with E-state index >= 15 is 0 Å². The van der Waals surface area contributed by atoms with Gasteiger partial charge in [-0.1, -0.05) is 32.9 Å². The Morgan fingerprint density at radius 2 is 1.57 bits per heavy atom. The molecule has 0 heterocycles. The second-order valence-electron chi connectivity index (χ2n) is 6.03. The smallest absolute Gasteiger partial charge is 0.212 e. The van der Waals surface area contributed by atoms with Gasteiger partial charge in [0.05, 0.1) is 10.6 Å². The maximum Gasteiger partial charge on any atom is 0.261 e. The van der Waals surface area contributed by atoms with Crippen LogP contribution >= 0.6 is 10.7 Å². The summed E-state index contributed by atoms with van der Waals surface area (Å²) in [5.74, 6) is 0.0602. The molecule has 0 aliphatic heterocycles. The van der Waals surface area contributed by atoms with Gasteiger partial charge in [0.1, 0.15) is 0 Å². The van der Waals surface area contributed by atoms with Gasteiger partial charge in [0.15, 0.2) is 0 Å². The van der Waals surface area contributed by atoms with Gasteiger partial charge < -0.3 is 0 Å². The number of hydrogen-bond donors (Lipinski definition) is 1. The van der Waals surface area contributed by atoms with Crippen molar-refractivity contribution in [2.24, 2.45) is 5.41 Å². The van der Waals surface area contributed by atoms with Crippen molar-refractivity contribution in [3.63, 3.8) is 0 Å². The van der Waals surface area contributed by atoms with Crippen molar-refractivity contribution in [2.75, 3.05) is 5.75 Å². The quantitative estimate of drug-likeness (QED) is 0.796. The largest absolute Gasteiger partial charge is 0.261 e. The Morgan fingerprint density at radius 3 is 2.00 bits per heavy atom. The van der Waals surface area contributed by atoms with Crippen LogP contribution in [-0.4, -0.2) is 22.6 Å². The molecule has 0 amide bonds. The molecule has 0 bridgehead atoms. The van der Waals surface area contributed by atoms with Crippen LogP contribution < -0.4 is 4.72 Å². The van der Waals surface area contributed by atoms with E-state index in [1.807, 2.05) is 20.8 Å². The van der Waals surface area contributed by atoms with E-state index < -0.39 is 19.1 Å². The van der Waals surface area contributed by atoms with E-state index in [1.165, 1.54) is 24.3 Å². The van der Waals surface area contributed by atoms with E-state index in [-0.39, 0.29) is 22.6 Å². The average molecular weight is 354 g/mol. The Hall–Kier alpha value is -0.630. The highest BCUT2D eigenvalue weighted by Crippen LogP contribution is 2.19. The SMILES string of the molecule is CC(C)(C)CCS(=O)(=O)NCc1ccc(S(=O)(=O)Cl)cc1. The highest BCUT2D eigenvalue weighted by atomic mass is 35.7. The van der Waals surface area contributed by atoms with Crippen LogP contribution in [0.15, 0.2) is 29.2 Å². The number of hydrogen-bond acceptors (Lipinski definition) is 4. The van der Waals surface area contributed by atoms with Crippen molar-refractivity contribution >= 4 is 29.8 Å². The zero-order valence-corrected chi connectivity index (χ0v) is 14.6. The normalized spacial score (nSPS) is 13.3. The highest BCUT2D eigenvalue weighted by molar-refractivity contribution is 8.13. The van der Waals surface area contributed by atoms with Gasteiger partial charge in [0.25, 0.3) is 9.05 Å². The van der Waals surface area contributed by atoms with Crippen LogP contribution in [0.3, 0.4) is 0 Å². The summed E-state index contributed by atoms with van der Waals surface area (Å²) in [6.45, 7) is 6.06. The molecule has 0 spiro atoms. The predicted molar refractivity (Wildman–Crippen MR) is 84.2 cm³/mol. The monoisotopic (exact) mass is 353 g/mol. The topological polar surface area (TPSA) is 80.3 Å². The van der Waals surface area contributed by atoms with Gasteiger partial charge in [-0.15, -0.1) is 0 Å². The van der Waals surface area contributed by atoms with Gasteiger partial charge in [-0.2, -0.15) is 0 Å². The Bertz CT molecular complexity index is 674. The van der Waals surface area contributed by atoms with E-state index in [2.05, 4.69) is 4.72 Å². The minimum Gasteiger partial charge on any atom is -0.212 e. The number of benzene rings is 1. The first kappa shape index (κ1) is 18.4. The van der Waals surface area contributed by atoms with Crippen LogP contribution in [0.4, 0.5) is 0 Å². The number of rotatable bonds is 6. The molecule has 1 aromatic carbocycles.